The van der Waals surface area contributed by atoms with Crippen molar-refractivity contribution < 1.29 is 16.8 Å². The fraction of sp³-hybridized carbons (Fsp3) is 0.143. The van der Waals surface area contributed by atoms with Crippen LogP contribution in [0.4, 0.5) is 5.69 Å². The van der Waals surface area contributed by atoms with Gasteiger partial charge in [-0.25, -0.2) is 21.1 Å². The third-order valence-electron chi connectivity index (χ3n) is 2.99. The Morgan fingerprint density at radius 1 is 0.957 bits per heavy atom. The summed E-state index contributed by atoms with van der Waals surface area (Å²) < 4.78 is 52.9. The number of nitrogens with one attached hydrogen (secondary N) is 1. The number of nitrogens with zero attached hydrogens (tertiary/aromatic N) is 1. The molecule has 0 fully saturated rings. The summed E-state index contributed by atoms with van der Waals surface area (Å²) in [6, 6.07) is 12.0. The van der Waals surface area contributed by atoms with Crippen LogP contribution in [0.3, 0.4) is 0 Å². The normalized spacial score (nSPS) is 12.3. The maximum Gasteiger partial charge on any atom is 0.263 e. The molecule has 0 amide bonds. The topological polar surface area (TPSA) is 83.6 Å². The van der Waals surface area contributed by atoms with Gasteiger partial charge in [-0.2, -0.15) is 0 Å². The van der Waals surface area contributed by atoms with Gasteiger partial charge >= 0.3 is 0 Å². The van der Waals surface area contributed by atoms with Gasteiger partial charge in [0.05, 0.1) is 10.6 Å². The Morgan fingerprint density at radius 3 is 2.22 bits per heavy atom. The molecule has 0 atom stereocenters. The molecular formula is C14H15BrN2O4S2. The van der Waals surface area contributed by atoms with Crippen molar-refractivity contribution in [1.82, 2.24) is 4.31 Å². The first-order valence-corrected chi connectivity index (χ1v) is 10.2. The van der Waals surface area contributed by atoms with Crippen molar-refractivity contribution >= 4 is 41.7 Å². The number of sulfonamides is 2. The fourth-order valence-electron chi connectivity index (χ4n) is 1.80. The third kappa shape index (κ3) is 3.92. The first kappa shape index (κ1) is 17.9. The maximum atomic E-state index is 12.4. The SMILES string of the molecule is CN(C)S(=O)(=O)c1cccc(NS(=O)(=O)c2ccccc2Br)c1. The summed E-state index contributed by atoms with van der Waals surface area (Å²) in [5, 5.41) is 0. The van der Waals surface area contributed by atoms with Crippen molar-refractivity contribution in [2.45, 2.75) is 9.79 Å². The lowest BCUT2D eigenvalue weighted by Crippen LogP contribution is -2.22. The Morgan fingerprint density at radius 2 is 1.61 bits per heavy atom. The molecule has 0 spiro atoms. The van der Waals surface area contributed by atoms with E-state index in [4.69, 9.17) is 0 Å². The first-order valence-electron chi connectivity index (χ1n) is 6.44. The Bertz CT molecular complexity index is 925. The highest BCUT2D eigenvalue weighted by Crippen LogP contribution is 2.25. The average molecular weight is 419 g/mol. The van der Waals surface area contributed by atoms with Gasteiger partial charge in [-0.15, -0.1) is 0 Å². The van der Waals surface area contributed by atoms with Gasteiger partial charge in [0.25, 0.3) is 10.0 Å². The van der Waals surface area contributed by atoms with E-state index >= 15 is 0 Å². The Labute approximate surface area is 144 Å². The van der Waals surface area contributed by atoms with E-state index in [1.807, 2.05) is 0 Å². The maximum absolute atomic E-state index is 12.4. The molecule has 0 aliphatic rings. The quantitative estimate of drug-likeness (QED) is 0.807. The minimum Gasteiger partial charge on any atom is -0.280 e. The van der Waals surface area contributed by atoms with Crippen LogP contribution < -0.4 is 4.72 Å². The molecule has 0 aromatic heterocycles. The molecule has 0 aliphatic heterocycles. The van der Waals surface area contributed by atoms with Crippen LogP contribution >= 0.6 is 15.9 Å². The van der Waals surface area contributed by atoms with Gasteiger partial charge in [-0.1, -0.05) is 18.2 Å². The van der Waals surface area contributed by atoms with E-state index in [9.17, 15) is 16.8 Å². The summed E-state index contributed by atoms with van der Waals surface area (Å²) in [6.45, 7) is 0. The van der Waals surface area contributed by atoms with Gasteiger partial charge in [0.2, 0.25) is 10.0 Å². The molecule has 0 saturated heterocycles. The monoisotopic (exact) mass is 418 g/mol. The Kier molecular flexibility index (Phi) is 5.14. The standard InChI is InChI=1S/C14H15BrN2O4S2/c1-17(2)23(20,21)12-7-5-6-11(10-12)16-22(18,19)14-9-4-3-8-13(14)15/h3-10,16H,1-2H3. The second kappa shape index (κ2) is 6.60. The molecule has 0 bridgehead atoms. The van der Waals surface area contributed by atoms with E-state index in [-0.39, 0.29) is 15.5 Å². The number of anilines is 1. The van der Waals surface area contributed by atoms with Gasteiger partial charge < -0.3 is 0 Å². The van der Waals surface area contributed by atoms with Crippen molar-refractivity contribution in [1.29, 1.82) is 0 Å². The first-order chi connectivity index (χ1) is 10.6. The molecule has 124 valence electrons. The zero-order chi connectivity index (χ0) is 17.3. The smallest absolute Gasteiger partial charge is 0.263 e. The second-order valence-corrected chi connectivity index (χ2v) is 9.51. The molecule has 0 saturated carbocycles. The van der Waals surface area contributed by atoms with Gasteiger partial charge in [-0.3, -0.25) is 4.72 Å². The molecule has 0 radical (unpaired) electrons. The highest BCUT2D eigenvalue weighted by atomic mass is 79.9. The summed E-state index contributed by atoms with van der Waals surface area (Å²) in [7, 11) is -4.65. The zero-order valence-corrected chi connectivity index (χ0v) is 15.6. The van der Waals surface area contributed by atoms with E-state index in [0.717, 1.165) is 4.31 Å². The van der Waals surface area contributed by atoms with Gasteiger partial charge in [-0.05, 0) is 46.3 Å². The van der Waals surface area contributed by atoms with Gasteiger partial charge in [0.1, 0.15) is 4.90 Å². The van der Waals surface area contributed by atoms with Gasteiger partial charge in [0, 0.05) is 18.6 Å². The van der Waals surface area contributed by atoms with E-state index in [1.165, 1.54) is 44.4 Å². The summed E-state index contributed by atoms with van der Waals surface area (Å²) >= 11 is 3.19. The van der Waals surface area contributed by atoms with Crippen molar-refractivity contribution in [3.05, 3.63) is 53.0 Å². The summed E-state index contributed by atoms with van der Waals surface area (Å²) in [5.74, 6) is 0. The Hall–Kier alpha value is -1.42. The molecule has 1 N–H and O–H groups in total. The second-order valence-electron chi connectivity index (χ2n) is 4.85. The number of hydrogen-bond donors (Lipinski definition) is 1. The third-order valence-corrected chi connectivity index (χ3v) is 7.20. The van der Waals surface area contributed by atoms with Crippen molar-refractivity contribution in [3.63, 3.8) is 0 Å². The number of rotatable bonds is 5. The highest BCUT2D eigenvalue weighted by molar-refractivity contribution is 9.10. The predicted molar refractivity (Wildman–Crippen MR) is 92.3 cm³/mol. The molecule has 2 rings (SSSR count). The van der Waals surface area contributed by atoms with Gasteiger partial charge in [0.15, 0.2) is 0 Å². The number of halogens is 1. The molecule has 2 aromatic carbocycles. The van der Waals surface area contributed by atoms with Crippen LogP contribution in [0.15, 0.2) is 62.8 Å². The molecule has 6 nitrogen and oxygen atoms in total. The number of benzene rings is 2. The molecule has 0 heterocycles. The molecular weight excluding hydrogens is 404 g/mol. The van der Waals surface area contributed by atoms with E-state index in [1.54, 1.807) is 18.2 Å². The van der Waals surface area contributed by atoms with Crippen molar-refractivity contribution in [2.24, 2.45) is 0 Å². The minimum atomic E-state index is -3.83. The van der Waals surface area contributed by atoms with E-state index in [0.29, 0.717) is 4.47 Å². The molecule has 0 unspecified atom stereocenters. The molecule has 2 aromatic rings. The highest BCUT2D eigenvalue weighted by Gasteiger charge is 2.20. The lowest BCUT2D eigenvalue weighted by atomic mass is 10.3. The van der Waals surface area contributed by atoms with E-state index in [2.05, 4.69) is 20.7 Å². The van der Waals surface area contributed by atoms with Crippen molar-refractivity contribution in [2.75, 3.05) is 18.8 Å². The number of hydrogen-bond acceptors (Lipinski definition) is 4. The summed E-state index contributed by atoms with van der Waals surface area (Å²) in [4.78, 5) is 0.0793. The average Bonchev–Trinajstić information content (AvgIpc) is 2.47. The molecule has 23 heavy (non-hydrogen) atoms. The van der Waals surface area contributed by atoms with Crippen molar-refractivity contribution in [3.8, 4) is 0 Å². The van der Waals surface area contributed by atoms with Crippen LogP contribution in [0.25, 0.3) is 0 Å². The zero-order valence-electron chi connectivity index (χ0n) is 12.4. The minimum absolute atomic E-state index is 0.00910. The molecule has 9 heteroatoms. The fourth-order valence-corrected chi connectivity index (χ4v) is 4.81. The molecule has 0 aliphatic carbocycles. The predicted octanol–water partition coefficient (Wildman–Crippen LogP) is 2.50. The van der Waals surface area contributed by atoms with Crippen LogP contribution in [-0.4, -0.2) is 35.2 Å². The lowest BCUT2D eigenvalue weighted by Gasteiger charge is -2.13. The van der Waals surface area contributed by atoms with Crippen LogP contribution in [0.1, 0.15) is 0 Å². The summed E-state index contributed by atoms with van der Waals surface area (Å²) in [6.07, 6.45) is 0. The van der Waals surface area contributed by atoms with E-state index < -0.39 is 20.0 Å². The largest absolute Gasteiger partial charge is 0.280 e. The lowest BCUT2D eigenvalue weighted by molar-refractivity contribution is 0.521. The van der Waals surface area contributed by atoms with Crippen LogP contribution in [-0.2, 0) is 20.0 Å². The Balaban J connectivity index is 2.40. The summed E-state index contributed by atoms with van der Waals surface area (Å²) in [5.41, 5.74) is 0.170. The van der Waals surface area contributed by atoms with Crippen LogP contribution in [0, 0.1) is 0 Å². The van der Waals surface area contributed by atoms with Crippen LogP contribution in [0.5, 0.6) is 0 Å². The van der Waals surface area contributed by atoms with Crippen LogP contribution in [0.2, 0.25) is 0 Å².